The summed E-state index contributed by atoms with van der Waals surface area (Å²) in [6, 6.07) is 0. The summed E-state index contributed by atoms with van der Waals surface area (Å²) in [6.45, 7) is 5.31. The van der Waals surface area contributed by atoms with Crippen LogP contribution in [0.25, 0.3) is 0 Å². The Hall–Kier alpha value is -1.22. The molecule has 0 saturated heterocycles. The Morgan fingerprint density at radius 3 is 1.25 bits per heavy atom. The zero-order valence-electron chi connectivity index (χ0n) is 9.12. The summed E-state index contributed by atoms with van der Waals surface area (Å²) in [5.41, 5.74) is -0.403. The van der Waals surface area contributed by atoms with Crippen LogP contribution in [0.1, 0.15) is 20.8 Å². The second-order valence-corrected chi connectivity index (χ2v) is 3.77. The molecule has 5 N–H and O–H groups in total. The van der Waals surface area contributed by atoms with Crippen LogP contribution in [0.4, 0.5) is 0 Å². The number of aliphatic hydroxyl groups excluding tert-OH is 2. The fourth-order valence-electron chi connectivity index (χ4n) is 0.270. The minimum atomic E-state index is -2.27. The molecule has 0 fully saturated rings. The summed E-state index contributed by atoms with van der Waals surface area (Å²) in [5.74, 6) is -3.54. The lowest BCUT2D eigenvalue weighted by molar-refractivity contribution is -0.306. The van der Waals surface area contributed by atoms with E-state index in [-0.39, 0.29) is 0 Å². The molecule has 0 heterocycles. The molecule has 0 aromatic heterocycles. The van der Waals surface area contributed by atoms with E-state index in [1.165, 1.54) is 0 Å². The van der Waals surface area contributed by atoms with Crippen LogP contribution in [0.3, 0.4) is 0 Å². The molecule has 16 heavy (non-hydrogen) atoms. The highest BCUT2D eigenvalue weighted by atomic mass is 17.1. The van der Waals surface area contributed by atoms with E-state index in [4.69, 9.17) is 25.7 Å². The van der Waals surface area contributed by atoms with Crippen LogP contribution in [0.15, 0.2) is 0 Å². The van der Waals surface area contributed by atoms with Crippen molar-refractivity contribution in [3.05, 3.63) is 0 Å². The smallest absolute Gasteiger partial charge is 0.335 e. The number of aliphatic hydroxyl groups is 2. The third-order valence-electron chi connectivity index (χ3n) is 1.08. The maximum atomic E-state index is 9.77. The highest BCUT2D eigenvalue weighted by Gasteiger charge is 2.29. The predicted molar refractivity (Wildman–Crippen MR) is 50.8 cm³/mol. The molecule has 0 radical (unpaired) electrons. The largest absolute Gasteiger partial charge is 0.479 e. The number of rotatable bonds is 3. The zero-order valence-corrected chi connectivity index (χ0v) is 9.12. The Bertz CT molecular complexity index is 213. The van der Waals surface area contributed by atoms with Gasteiger partial charge < -0.3 is 20.4 Å². The number of aliphatic carboxylic acids is 2. The Balaban J connectivity index is 0. The van der Waals surface area contributed by atoms with Gasteiger partial charge in [0.2, 0.25) is 0 Å². The van der Waals surface area contributed by atoms with Crippen molar-refractivity contribution < 1.29 is 40.2 Å². The highest BCUT2D eigenvalue weighted by molar-refractivity contribution is 5.83. The summed E-state index contributed by atoms with van der Waals surface area (Å²) < 4.78 is 0. The van der Waals surface area contributed by atoms with Crippen LogP contribution in [-0.4, -0.2) is 55.4 Å². The molecule has 2 unspecified atom stereocenters. The number of carbonyl (C=O) groups is 2. The van der Waals surface area contributed by atoms with Crippen molar-refractivity contribution in [2.24, 2.45) is 0 Å². The van der Waals surface area contributed by atoms with Crippen molar-refractivity contribution in [1.82, 2.24) is 0 Å². The average molecular weight is 240 g/mol. The number of carboxylic acid groups (broad SMARTS) is 2. The Morgan fingerprint density at radius 2 is 1.19 bits per heavy atom. The van der Waals surface area contributed by atoms with E-state index in [1.54, 1.807) is 20.8 Å². The van der Waals surface area contributed by atoms with Gasteiger partial charge >= 0.3 is 11.9 Å². The van der Waals surface area contributed by atoms with E-state index in [0.29, 0.717) is 0 Å². The van der Waals surface area contributed by atoms with E-state index < -0.39 is 29.7 Å². The Kier molecular flexibility index (Phi) is 7.65. The maximum absolute atomic E-state index is 9.77. The molecule has 0 spiro atoms. The van der Waals surface area contributed by atoms with Crippen molar-refractivity contribution in [3.63, 3.8) is 0 Å². The quantitative estimate of drug-likeness (QED) is 0.317. The van der Waals surface area contributed by atoms with E-state index in [0.717, 1.165) is 0 Å². The monoisotopic (exact) mass is 240 g/mol. The van der Waals surface area contributed by atoms with Gasteiger partial charge in [-0.25, -0.2) is 14.5 Å². The molecule has 2 atom stereocenters. The zero-order chi connectivity index (χ0) is 13.5. The van der Waals surface area contributed by atoms with Crippen molar-refractivity contribution in [2.45, 2.75) is 38.6 Å². The molecule has 8 nitrogen and oxygen atoms in total. The van der Waals surface area contributed by atoms with Gasteiger partial charge in [-0.15, -0.1) is 0 Å². The topological polar surface area (TPSA) is 145 Å². The van der Waals surface area contributed by atoms with Crippen molar-refractivity contribution in [3.8, 4) is 0 Å². The SMILES string of the molecule is CC(C)(C)OO.O=C(O)C(O)C(O)C(=O)O. The van der Waals surface area contributed by atoms with Gasteiger partial charge in [-0.1, -0.05) is 0 Å². The van der Waals surface area contributed by atoms with E-state index in [2.05, 4.69) is 4.89 Å². The minimum Gasteiger partial charge on any atom is -0.479 e. The van der Waals surface area contributed by atoms with E-state index >= 15 is 0 Å². The molecular formula is C8H16O8. The highest BCUT2D eigenvalue weighted by Crippen LogP contribution is 2.01. The van der Waals surface area contributed by atoms with Crippen molar-refractivity contribution in [1.29, 1.82) is 0 Å². The molecule has 8 heteroatoms. The molecule has 0 aliphatic carbocycles. The summed E-state index contributed by atoms with van der Waals surface area (Å²) in [5, 5.41) is 40.4. The van der Waals surface area contributed by atoms with Gasteiger partial charge in [-0.3, -0.25) is 5.26 Å². The summed E-state index contributed by atoms with van der Waals surface area (Å²) in [7, 11) is 0. The summed E-state index contributed by atoms with van der Waals surface area (Å²) in [4.78, 5) is 23.5. The van der Waals surface area contributed by atoms with Gasteiger partial charge in [0, 0.05) is 0 Å². The average Bonchev–Trinajstić information content (AvgIpc) is 2.15. The first-order chi connectivity index (χ1) is 7.02. The van der Waals surface area contributed by atoms with Gasteiger partial charge in [0.1, 0.15) is 0 Å². The van der Waals surface area contributed by atoms with Crippen LogP contribution >= 0.6 is 0 Å². The normalized spacial score (nSPS) is 14.4. The molecule has 0 bridgehead atoms. The fourth-order valence-corrected chi connectivity index (χ4v) is 0.270. The van der Waals surface area contributed by atoms with Crippen LogP contribution in [0, 0.1) is 0 Å². The lowest BCUT2D eigenvalue weighted by Crippen LogP contribution is -2.39. The molecule has 0 saturated carbocycles. The molecule has 0 aromatic carbocycles. The first-order valence-corrected chi connectivity index (χ1v) is 4.17. The van der Waals surface area contributed by atoms with Crippen molar-refractivity contribution in [2.75, 3.05) is 0 Å². The standard InChI is InChI=1S/C4H6O6.C4H10O2/c5-1(3(7)8)2(6)4(9)10;1-4(2,3)6-5/h1-2,5-6H,(H,7,8)(H,9,10);5H,1-3H3. The number of hydrogen-bond donors (Lipinski definition) is 5. The predicted octanol–water partition coefficient (Wildman–Crippen LogP) is -0.848. The second-order valence-electron chi connectivity index (χ2n) is 3.77. The summed E-state index contributed by atoms with van der Waals surface area (Å²) in [6.07, 6.45) is -4.53. The molecule has 96 valence electrons. The molecule has 0 aromatic rings. The first kappa shape index (κ1) is 17.2. The second kappa shape index (κ2) is 7.12. The third-order valence-corrected chi connectivity index (χ3v) is 1.08. The molecule has 0 aliphatic rings. The van der Waals surface area contributed by atoms with Gasteiger partial charge in [0.25, 0.3) is 0 Å². The van der Waals surface area contributed by atoms with Gasteiger partial charge in [0.05, 0.1) is 5.60 Å². The van der Waals surface area contributed by atoms with E-state index in [1.807, 2.05) is 0 Å². The lowest BCUT2D eigenvalue weighted by Gasteiger charge is -2.10. The molecule has 0 aliphatic heterocycles. The van der Waals surface area contributed by atoms with Crippen LogP contribution in [0.2, 0.25) is 0 Å². The Morgan fingerprint density at radius 1 is 1.00 bits per heavy atom. The number of carboxylic acids is 2. The fraction of sp³-hybridized carbons (Fsp3) is 0.750. The van der Waals surface area contributed by atoms with Crippen LogP contribution in [-0.2, 0) is 14.5 Å². The Labute approximate surface area is 91.6 Å². The lowest BCUT2D eigenvalue weighted by atomic mass is 10.2. The van der Waals surface area contributed by atoms with Gasteiger partial charge in [-0.05, 0) is 20.8 Å². The molecule has 0 amide bonds. The van der Waals surface area contributed by atoms with Gasteiger partial charge in [-0.2, -0.15) is 0 Å². The van der Waals surface area contributed by atoms with Gasteiger partial charge in [0.15, 0.2) is 12.2 Å². The maximum Gasteiger partial charge on any atom is 0.335 e. The summed E-state index contributed by atoms with van der Waals surface area (Å²) >= 11 is 0. The van der Waals surface area contributed by atoms with Crippen LogP contribution in [0.5, 0.6) is 0 Å². The number of hydrogen-bond acceptors (Lipinski definition) is 6. The minimum absolute atomic E-state index is 0.403. The van der Waals surface area contributed by atoms with Crippen LogP contribution < -0.4 is 0 Å². The molecule has 0 rings (SSSR count). The first-order valence-electron chi connectivity index (χ1n) is 4.17. The van der Waals surface area contributed by atoms with E-state index in [9.17, 15) is 9.59 Å². The molecular weight excluding hydrogens is 224 g/mol. The third kappa shape index (κ3) is 9.34. The van der Waals surface area contributed by atoms with Crippen molar-refractivity contribution >= 4 is 11.9 Å².